The minimum atomic E-state index is -0.498. The number of hydrogen-bond acceptors (Lipinski definition) is 2. The molecule has 6 heteroatoms. The standard InChI is InChI=1S/C12H12BrClFN3/c1-2-18-12(9(14)6-17-18)11(16)7-3-4-8(13)10(15)5-7/h3-6,11H,2,16H2,1H3. The van der Waals surface area contributed by atoms with E-state index < -0.39 is 6.04 Å². The molecule has 1 aromatic heterocycles. The summed E-state index contributed by atoms with van der Waals surface area (Å²) in [6, 6.07) is 4.30. The van der Waals surface area contributed by atoms with Gasteiger partial charge in [-0.15, -0.1) is 0 Å². The number of aryl methyl sites for hydroxylation is 1. The third kappa shape index (κ3) is 2.43. The Bertz CT molecular complexity index is 570. The molecule has 1 unspecified atom stereocenters. The summed E-state index contributed by atoms with van der Waals surface area (Å²) in [6.45, 7) is 2.61. The van der Waals surface area contributed by atoms with Gasteiger partial charge in [0.1, 0.15) is 5.82 Å². The lowest BCUT2D eigenvalue weighted by molar-refractivity contribution is 0.593. The van der Waals surface area contributed by atoms with E-state index in [4.69, 9.17) is 17.3 Å². The van der Waals surface area contributed by atoms with Crippen LogP contribution >= 0.6 is 27.5 Å². The lowest BCUT2D eigenvalue weighted by Gasteiger charge is -2.15. The van der Waals surface area contributed by atoms with Gasteiger partial charge in [-0.2, -0.15) is 5.10 Å². The first kappa shape index (κ1) is 13.5. The highest BCUT2D eigenvalue weighted by molar-refractivity contribution is 9.10. The van der Waals surface area contributed by atoms with Gasteiger partial charge < -0.3 is 5.73 Å². The number of nitrogens with zero attached hydrogens (tertiary/aromatic N) is 2. The zero-order valence-corrected chi connectivity index (χ0v) is 12.0. The topological polar surface area (TPSA) is 43.8 Å². The van der Waals surface area contributed by atoms with Crippen LogP contribution in [0.1, 0.15) is 24.2 Å². The van der Waals surface area contributed by atoms with E-state index in [1.165, 1.54) is 6.07 Å². The van der Waals surface area contributed by atoms with Crippen LogP contribution in [0.4, 0.5) is 4.39 Å². The molecular weight excluding hydrogens is 321 g/mol. The second kappa shape index (κ2) is 5.38. The van der Waals surface area contributed by atoms with E-state index in [1.807, 2.05) is 6.92 Å². The molecule has 2 N–H and O–H groups in total. The maximum absolute atomic E-state index is 13.5. The molecule has 2 aromatic rings. The summed E-state index contributed by atoms with van der Waals surface area (Å²) in [5.74, 6) is -0.346. The Morgan fingerprint density at radius 1 is 1.56 bits per heavy atom. The number of rotatable bonds is 3. The van der Waals surface area contributed by atoms with Crippen molar-refractivity contribution in [3.63, 3.8) is 0 Å². The van der Waals surface area contributed by atoms with Crippen LogP contribution in [0.5, 0.6) is 0 Å². The summed E-state index contributed by atoms with van der Waals surface area (Å²) < 4.78 is 15.6. The minimum Gasteiger partial charge on any atom is -0.319 e. The largest absolute Gasteiger partial charge is 0.319 e. The van der Waals surface area contributed by atoms with Crippen LogP contribution in [0.3, 0.4) is 0 Å². The summed E-state index contributed by atoms with van der Waals surface area (Å²) >= 11 is 9.18. The maximum atomic E-state index is 13.5. The van der Waals surface area contributed by atoms with Gasteiger partial charge in [0.25, 0.3) is 0 Å². The Balaban J connectivity index is 2.44. The van der Waals surface area contributed by atoms with E-state index in [1.54, 1.807) is 23.0 Å². The highest BCUT2D eigenvalue weighted by Gasteiger charge is 2.18. The van der Waals surface area contributed by atoms with Crippen LogP contribution in [0.25, 0.3) is 0 Å². The number of hydrogen-bond donors (Lipinski definition) is 1. The van der Waals surface area contributed by atoms with Gasteiger partial charge in [0.15, 0.2) is 0 Å². The van der Waals surface area contributed by atoms with Gasteiger partial charge in [0, 0.05) is 6.54 Å². The van der Waals surface area contributed by atoms with E-state index in [2.05, 4.69) is 21.0 Å². The van der Waals surface area contributed by atoms with Crippen molar-refractivity contribution in [1.29, 1.82) is 0 Å². The van der Waals surface area contributed by atoms with Crippen LogP contribution in [0, 0.1) is 5.82 Å². The monoisotopic (exact) mass is 331 g/mol. The fourth-order valence-electron chi connectivity index (χ4n) is 1.80. The lowest BCUT2D eigenvalue weighted by Crippen LogP contribution is -2.17. The van der Waals surface area contributed by atoms with Gasteiger partial charge in [-0.25, -0.2) is 4.39 Å². The lowest BCUT2D eigenvalue weighted by atomic mass is 10.0. The van der Waals surface area contributed by atoms with E-state index in [0.717, 1.165) is 0 Å². The number of aromatic nitrogens is 2. The van der Waals surface area contributed by atoms with Gasteiger partial charge in [-0.1, -0.05) is 17.7 Å². The van der Waals surface area contributed by atoms with Crippen molar-refractivity contribution in [1.82, 2.24) is 9.78 Å². The van der Waals surface area contributed by atoms with Gasteiger partial charge in [0.2, 0.25) is 0 Å². The molecule has 0 fully saturated rings. The highest BCUT2D eigenvalue weighted by Crippen LogP contribution is 2.28. The molecule has 0 amide bonds. The number of halogens is 3. The molecule has 96 valence electrons. The van der Waals surface area contributed by atoms with Gasteiger partial charge in [0.05, 0.1) is 27.4 Å². The molecule has 0 saturated heterocycles. The molecular formula is C12H12BrClFN3. The Hall–Kier alpha value is -0.910. The van der Waals surface area contributed by atoms with Crippen LogP contribution in [0.2, 0.25) is 5.02 Å². The molecule has 1 heterocycles. The fraction of sp³-hybridized carbons (Fsp3) is 0.250. The maximum Gasteiger partial charge on any atom is 0.137 e. The number of nitrogens with two attached hydrogens (primary N) is 1. The second-order valence-corrected chi connectivity index (χ2v) is 5.11. The van der Waals surface area contributed by atoms with Crippen molar-refractivity contribution in [3.8, 4) is 0 Å². The van der Waals surface area contributed by atoms with E-state index in [9.17, 15) is 4.39 Å². The van der Waals surface area contributed by atoms with Crippen molar-refractivity contribution in [2.45, 2.75) is 19.5 Å². The average molecular weight is 333 g/mol. The molecule has 0 aliphatic carbocycles. The fourth-order valence-corrected chi connectivity index (χ4v) is 2.30. The molecule has 0 saturated carbocycles. The third-order valence-corrected chi connectivity index (χ3v) is 3.66. The molecule has 18 heavy (non-hydrogen) atoms. The summed E-state index contributed by atoms with van der Waals surface area (Å²) in [5, 5.41) is 4.62. The first-order chi connectivity index (χ1) is 8.54. The molecule has 0 spiro atoms. The molecule has 3 nitrogen and oxygen atoms in total. The second-order valence-electron chi connectivity index (χ2n) is 3.84. The van der Waals surface area contributed by atoms with Gasteiger partial charge >= 0.3 is 0 Å². The first-order valence-corrected chi connectivity index (χ1v) is 6.63. The van der Waals surface area contributed by atoms with Crippen LogP contribution in [-0.2, 0) is 6.54 Å². The summed E-state index contributed by atoms with van der Waals surface area (Å²) in [4.78, 5) is 0. The molecule has 0 aliphatic rings. The molecule has 2 rings (SSSR count). The number of benzene rings is 1. The summed E-state index contributed by atoms with van der Waals surface area (Å²) in [5.41, 5.74) is 7.48. The minimum absolute atomic E-state index is 0.346. The Labute approximate surface area is 118 Å². The van der Waals surface area contributed by atoms with E-state index >= 15 is 0 Å². The average Bonchev–Trinajstić information content (AvgIpc) is 2.73. The predicted octanol–water partition coefficient (Wildman–Crippen LogP) is 3.51. The van der Waals surface area contributed by atoms with Crippen LogP contribution < -0.4 is 5.73 Å². The van der Waals surface area contributed by atoms with Gasteiger partial charge in [-0.3, -0.25) is 4.68 Å². The van der Waals surface area contributed by atoms with E-state index in [0.29, 0.717) is 27.3 Å². The molecule has 1 aromatic carbocycles. The first-order valence-electron chi connectivity index (χ1n) is 5.46. The van der Waals surface area contributed by atoms with Crippen molar-refractivity contribution in [2.75, 3.05) is 0 Å². The zero-order valence-electron chi connectivity index (χ0n) is 9.70. The van der Waals surface area contributed by atoms with Crippen molar-refractivity contribution in [2.24, 2.45) is 5.73 Å². The summed E-state index contributed by atoms with van der Waals surface area (Å²) in [7, 11) is 0. The zero-order chi connectivity index (χ0) is 13.3. The molecule has 0 radical (unpaired) electrons. The van der Waals surface area contributed by atoms with Crippen LogP contribution in [0.15, 0.2) is 28.9 Å². The van der Waals surface area contributed by atoms with Crippen molar-refractivity contribution < 1.29 is 4.39 Å². The Morgan fingerprint density at radius 3 is 2.89 bits per heavy atom. The van der Waals surface area contributed by atoms with Gasteiger partial charge in [-0.05, 0) is 40.5 Å². The molecule has 0 aliphatic heterocycles. The van der Waals surface area contributed by atoms with Crippen molar-refractivity contribution >= 4 is 27.5 Å². The van der Waals surface area contributed by atoms with Crippen LogP contribution in [-0.4, -0.2) is 9.78 Å². The third-order valence-electron chi connectivity index (χ3n) is 2.73. The predicted molar refractivity (Wildman–Crippen MR) is 73.0 cm³/mol. The Kier molecular flexibility index (Phi) is 4.04. The quantitative estimate of drug-likeness (QED) is 0.935. The molecule has 0 bridgehead atoms. The summed E-state index contributed by atoms with van der Waals surface area (Å²) in [6.07, 6.45) is 1.55. The SMILES string of the molecule is CCn1ncc(Cl)c1C(N)c1ccc(Br)c(F)c1. The van der Waals surface area contributed by atoms with Crippen molar-refractivity contribution in [3.05, 3.63) is 51.0 Å². The molecule has 1 atom stereocenters. The normalized spacial score (nSPS) is 12.7. The smallest absolute Gasteiger partial charge is 0.137 e. The Morgan fingerprint density at radius 2 is 2.28 bits per heavy atom. The highest BCUT2D eigenvalue weighted by atomic mass is 79.9. The van der Waals surface area contributed by atoms with E-state index in [-0.39, 0.29) is 5.82 Å².